The molecule has 1 aromatic heterocycles. The van der Waals surface area contributed by atoms with Crippen molar-refractivity contribution < 1.29 is 14.6 Å². The van der Waals surface area contributed by atoms with E-state index in [4.69, 9.17) is 15.2 Å². The van der Waals surface area contributed by atoms with E-state index in [9.17, 15) is 5.11 Å². The quantitative estimate of drug-likeness (QED) is 0.817. The molecule has 0 amide bonds. The van der Waals surface area contributed by atoms with Crippen LogP contribution < -0.4 is 15.2 Å². The number of para-hydroxylation sites is 1. The van der Waals surface area contributed by atoms with E-state index in [2.05, 4.69) is 4.98 Å². The Morgan fingerprint density at radius 1 is 1.35 bits per heavy atom. The highest BCUT2D eigenvalue weighted by atomic mass is 16.5. The van der Waals surface area contributed by atoms with Crippen LogP contribution in [0.1, 0.15) is 24.2 Å². The Labute approximate surface area is 118 Å². The average Bonchev–Trinajstić information content (AvgIpc) is 2.47. The van der Waals surface area contributed by atoms with Gasteiger partial charge in [-0.2, -0.15) is 0 Å². The zero-order chi connectivity index (χ0) is 14.5. The molecule has 0 bridgehead atoms. The normalized spacial score (nSPS) is 11.9. The maximum Gasteiger partial charge on any atom is 0.142 e. The molecule has 0 radical (unpaired) electrons. The predicted octanol–water partition coefficient (Wildman–Crippen LogP) is 2.15. The Hall–Kier alpha value is -2.27. The lowest BCUT2D eigenvalue weighted by molar-refractivity contribution is 0.219. The van der Waals surface area contributed by atoms with Crippen molar-refractivity contribution in [2.45, 2.75) is 13.0 Å². The fourth-order valence-electron chi connectivity index (χ4n) is 1.99. The van der Waals surface area contributed by atoms with E-state index in [1.807, 2.05) is 6.92 Å². The minimum atomic E-state index is -0.877. The number of pyridine rings is 1. The second-order valence-electron chi connectivity index (χ2n) is 4.25. The van der Waals surface area contributed by atoms with E-state index < -0.39 is 6.10 Å². The Morgan fingerprint density at radius 2 is 2.15 bits per heavy atom. The van der Waals surface area contributed by atoms with Crippen molar-refractivity contribution in [3.05, 3.63) is 47.8 Å². The van der Waals surface area contributed by atoms with Crippen molar-refractivity contribution in [2.24, 2.45) is 0 Å². The largest absolute Gasteiger partial charge is 0.495 e. The molecule has 3 N–H and O–H groups in total. The molecule has 0 aliphatic heterocycles. The van der Waals surface area contributed by atoms with Crippen LogP contribution in [0.3, 0.4) is 0 Å². The van der Waals surface area contributed by atoms with Crippen LogP contribution in [0.15, 0.2) is 36.7 Å². The number of aliphatic hydroxyl groups is 1. The van der Waals surface area contributed by atoms with Crippen LogP contribution in [-0.4, -0.2) is 23.8 Å². The molecule has 2 rings (SSSR count). The Bertz CT molecular complexity index is 587. The number of rotatable bonds is 5. The summed E-state index contributed by atoms with van der Waals surface area (Å²) in [6, 6.07) is 7.05. The lowest BCUT2D eigenvalue weighted by Crippen LogP contribution is -2.06. The van der Waals surface area contributed by atoms with Crippen LogP contribution in [0.2, 0.25) is 0 Å². The summed E-state index contributed by atoms with van der Waals surface area (Å²) in [5, 5.41) is 10.5. The number of nitrogen functional groups attached to an aromatic ring is 1. The van der Waals surface area contributed by atoms with Gasteiger partial charge in [-0.1, -0.05) is 12.1 Å². The molecule has 0 aliphatic rings. The number of benzene rings is 1. The third kappa shape index (κ3) is 2.83. The number of aliphatic hydroxyl groups excluding tert-OH is 1. The second-order valence-corrected chi connectivity index (χ2v) is 4.25. The molecule has 106 valence electrons. The zero-order valence-corrected chi connectivity index (χ0v) is 11.5. The highest BCUT2D eigenvalue weighted by Crippen LogP contribution is 2.33. The van der Waals surface area contributed by atoms with Crippen molar-refractivity contribution in [2.75, 3.05) is 19.5 Å². The maximum atomic E-state index is 10.5. The molecule has 1 unspecified atom stereocenters. The van der Waals surface area contributed by atoms with E-state index in [1.165, 1.54) is 0 Å². The summed E-state index contributed by atoms with van der Waals surface area (Å²) in [7, 11) is 1.54. The van der Waals surface area contributed by atoms with Crippen molar-refractivity contribution in [1.29, 1.82) is 0 Å². The van der Waals surface area contributed by atoms with Gasteiger partial charge in [0.15, 0.2) is 0 Å². The van der Waals surface area contributed by atoms with Crippen molar-refractivity contribution >= 4 is 5.69 Å². The monoisotopic (exact) mass is 274 g/mol. The highest BCUT2D eigenvalue weighted by molar-refractivity contribution is 5.60. The standard InChI is InChI=1S/C15H18N2O3/c1-3-20-11-7-10(8-17-9-11)15(18)12-5-4-6-13(19-2)14(12)16/h4-9,15,18H,3,16H2,1-2H3. The van der Waals surface area contributed by atoms with Gasteiger partial charge < -0.3 is 20.3 Å². The first-order valence-corrected chi connectivity index (χ1v) is 6.35. The first-order valence-electron chi connectivity index (χ1n) is 6.35. The molecule has 0 aliphatic carbocycles. The molecule has 0 saturated heterocycles. The predicted molar refractivity (Wildman–Crippen MR) is 76.9 cm³/mol. The molecule has 0 fully saturated rings. The summed E-state index contributed by atoms with van der Waals surface area (Å²) in [6.45, 7) is 2.44. The van der Waals surface area contributed by atoms with Crippen molar-refractivity contribution in [3.63, 3.8) is 0 Å². The molecule has 5 heteroatoms. The van der Waals surface area contributed by atoms with Gasteiger partial charge in [0.05, 0.1) is 25.6 Å². The van der Waals surface area contributed by atoms with Crippen LogP contribution in [0.25, 0.3) is 0 Å². The number of ether oxygens (including phenoxy) is 2. The number of aromatic nitrogens is 1. The molecule has 20 heavy (non-hydrogen) atoms. The first-order chi connectivity index (χ1) is 9.67. The van der Waals surface area contributed by atoms with Gasteiger partial charge in [-0.05, 0) is 19.1 Å². The Morgan fingerprint density at radius 3 is 2.85 bits per heavy atom. The lowest BCUT2D eigenvalue weighted by Gasteiger charge is -2.16. The third-order valence-electron chi connectivity index (χ3n) is 2.98. The van der Waals surface area contributed by atoms with Crippen molar-refractivity contribution in [3.8, 4) is 11.5 Å². The number of nitrogens with two attached hydrogens (primary N) is 1. The van der Waals surface area contributed by atoms with Gasteiger partial charge in [0, 0.05) is 17.3 Å². The van der Waals surface area contributed by atoms with E-state index >= 15 is 0 Å². The topological polar surface area (TPSA) is 77.6 Å². The minimum absolute atomic E-state index is 0.421. The maximum absolute atomic E-state index is 10.5. The summed E-state index contributed by atoms with van der Waals surface area (Å²) in [4.78, 5) is 4.07. The van der Waals surface area contributed by atoms with Gasteiger partial charge in [0.2, 0.25) is 0 Å². The third-order valence-corrected chi connectivity index (χ3v) is 2.98. The lowest BCUT2D eigenvalue weighted by atomic mass is 10.0. The molecule has 1 aromatic carbocycles. The van der Waals surface area contributed by atoms with Gasteiger partial charge in [0.1, 0.15) is 17.6 Å². The molecule has 1 heterocycles. The summed E-state index contributed by atoms with van der Waals surface area (Å²) in [5.41, 5.74) is 7.62. The Kier molecular flexibility index (Phi) is 4.42. The zero-order valence-electron chi connectivity index (χ0n) is 11.5. The first kappa shape index (κ1) is 14.1. The smallest absolute Gasteiger partial charge is 0.142 e. The van der Waals surface area contributed by atoms with Crippen LogP contribution >= 0.6 is 0 Å². The molecule has 0 saturated carbocycles. The molecule has 5 nitrogen and oxygen atoms in total. The minimum Gasteiger partial charge on any atom is -0.495 e. The van der Waals surface area contributed by atoms with Gasteiger partial charge in [0.25, 0.3) is 0 Å². The fourth-order valence-corrected chi connectivity index (χ4v) is 1.99. The average molecular weight is 274 g/mol. The van der Waals surface area contributed by atoms with Gasteiger partial charge in [-0.3, -0.25) is 4.98 Å². The molecule has 0 spiro atoms. The van der Waals surface area contributed by atoms with Crippen LogP contribution in [0.4, 0.5) is 5.69 Å². The van der Waals surface area contributed by atoms with Crippen molar-refractivity contribution in [1.82, 2.24) is 4.98 Å². The number of methoxy groups -OCH3 is 1. The second kappa shape index (κ2) is 6.25. The molecular weight excluding hydrogens is 256 g/mol. The molecule has 2 aromatic rings. The molecule has 1 atom stereocenters. The van der Waals surface area contributed by atoms with E-state index in [-0.39, 0.29) is 0 Å². The highest BCUT2D eigenvalue weighted by Gasteiger charge is 2.16. The number of anilines is 1. The van der Waals surface area contributed by atoms with E-state index in [1.54, 1.807) is 43.8 Å². The summed E-state index contributed by atoms with van der Waals surface area (Å²) >= 11 is 0. The summed E-state index contributed by atoms with van der Waals surface area (Å²) in [6.07, 6.45) is 2.32. The Balaban J connectivity index is 2.36. The van der Waals surface area contributed by atoms with Gasteiger partial charge in [-0.25, -0.2) is 0 Å². The van der Waals surface area contributed by atoms with Gasteiger partial charge in [-0.15, -0.1) is 0 Å². The fraction of sp³-hybridized carbons (Fsp3) is 0.267. The van der Waals surface area contributed by atoms with Crippen LogP contribution in [0.5, 0.6) is 11.5 Å². The van der Waals surface area contributed by atoms with Crippen LogP contribution in [-0.2, 0) is 0 Å². The molecular formula is C15H18N2O3. The number of hydrogen-bond donors (Lipinski definition) is 2. The number of nitrogens with zero attached hydrogens (tertiary/aromatic N) is 1. The summed E-state index contributed by atoms with van der Waals surface area (Å²) in [5.74, 6) is 1.15. The van der Waals surface area contributed by atoms with Crippen LogP contribution in [0, 0.1) is 0 Å². The van der Waals surface area contributed by atoms with Gasteiger partial charge >= 0.3 is 0 Å². The SMILES string of the molecule is CCOc1cncc(C(O)c2cccc(OC)c2N)c1. The van der Waals surface area contributed by atoms with E-state index in [0.29, 0.717) is 34.9 Å². The summed E-state index contributed by atoms with van der Waals surface area (Å²) < 4.78 is 10.5. The van der Waals surface area contributed by atoms with E-state index in [0.717, 1.165) is 0 Å². The number of hydrogen-bond acceptors (Lipinski definition) is 5.